The number of piperidine rings is 1. The molecule has 46 heavy (non-hydrogen) atoms. The highest BCUT2D eigenvalue weighted by molar-refractivity contribution is 7.18. The van der Waals surface area contributed by atoms with E-state index in [1.165, 1.54) is 43.0 Å². The molecule has 5 heterocycles. The van der Waals surface area contributed by atoms with Crippen molar-refractivity contribution in [3.8, 4) is 11.3 Å². The summed E-state index contributed by atoms with van der Waals surface area (Å²) in [6.45, 7) is 18.1. The average molecular weight is 644 g/mol. The summed E-state index contributed by atoms with van der Waals surface area (Å²) in [5.74, 6) is 1.28. The van der Waals surface area contributed by atoms with Crippen molar-refractivity contribution in [2.45, 2.75) is 97.1 Å². The van der Waals surface area contributed by atoms with E-state index in [2.05, 4.69) is 83.9 Å². The minimum atomic E-state index is 0.0122. The van der Waals surface area contributed by atoms with Crippen molar-refractivity contribution < 1.29 is 9.59 Å². The Morgan fingerprint density at radius 2 is 1.72 bits per heavy atom. The van der Waals surface area contributed by atoms with E-state index in [0.29, 0.717) is 17.9 Å². The highest BCUT2D eigenvalue weighted by atomic mass is 32.1. The first-order valence-electron chi connectivity index (χ1n) is 17.9. The van der Waals surface area contributed by atoms with Gasteiger partial charge in [0.1, 0.15) is 4.83 Å². The van der Waals surface area contributed by atoms with Crippen LogP contribution in [0.15, 0.2) is 24.3 Å². The van der Waals surface area contributed by atoms with Crippen LogP contribution in [-0.2, 0) is 21.4 Å². The standard InChI is InChI=1S/C38H53N5O2S/c1-6-32(37(45)43-12-7-8-13-43)42-17-15-41(16-18-42)14-11-27-29-22-33(38(4,5)23-30-28-9-10-31(30)39-35(28)44)46-36(29)40-34(27)26-20-24(2)19-25(3)21-26/h19-22,28,30-32,40H,6-18,23H2,1-5H3,(H,39,44). The third-order valence-electron chi connectivity index (χ3n) is 11.6. The molecule has 248 valence electrons. The van der Waals surface area contributed by atoms with Gasteiger partial charge in [0.15, 0.2) is 0 Å². The largest absolute Gasteiger partial charge is 0.353 e. The molecule has 4 aliphatic rings. The van der Waals surface area contributed by atoms with Crippen LogP contribution in [0, 0.1) is 25.7 Å². The minimum absolute atomic E-state index is 0.0122. The number of nitrogens with zero attached hydrogens (tertiary/aromatic N) is 3. The van der Waals surface area contributed by atoms with Gasteiger partial charge in [-0.2, -0.15) is 0 Å². The molecule has 0 radical (unpaired) electrons. The highest BCUT2D eigenvalue weighted by Crippen LogP contribution is 2.48. The van der Waals surface area contributed by atoms with Crippen LogP contribution in [0.25, 0.3) is 21.5 Å². The summed E-state index contributed by atoms with van der Waals surface area (Å²) in [6.07, 6.45) is 7.41. The maximum atomic E-state index is 13.3. The van der Waals surface area contributed by atoms with Crippen molar-refractivity contribution in [2.24, 2.45) is 11.8 Å². The van der Waals surface area contributed by atoms with E-state index in [-0.39, 0.29) is 23.3 Å². The molecule has 1 aromatic carbocycles. The Morgan fingerprint density at radius 3 is 2.35 bits per heavy atom. The number of H-pyrrole nitrogens is 1. The lowest BCUT2D eigenvalue weighted by Crippen LogP contribution is -2.55. The molecule has 7 rings (SSSR count). The Hall–Kier alpha value is -2.68. The maximum absolute atomic E-state index is 13.3. The van der Waals surface area contributed by atoms with Crippen LogP contribution in [0.4, 0.5) is 0 Å². The molecule has 3 aromatic rings. The van der Waals surface area contributed by atoms with E-state index in [4.69, 9.17) is 0 Å². The quantitative estimate of drug-likeness (QED) is 0.274. The van der Waals surface area contributed by atoms with E-state index in [0.717, 1.165) is 90.8 Å². The number of carbonyl (C=O) groups is 2. The third kappa shape index (κ3) is 6.06. The number of fused-ring (bicyclic) bond motifs is 3. The molecule has 4 unspecified atom stereocenters. The summed E-state index contributed by atoms with van der Waals surface area (Å²) < 4.78 is 0. The lowest BCUT2D eigenvalue weighted by Gasteiger charge is -2.39. The summed E-state index contributed by atoms with van der Waals surface area (Å²) in [5.41, 5.74) is 6.56. The van der Waals surface area contributed by atoms with Gasteiger partial charge in [0.05, 0.1) is 11.7 Å². The number of nitrogens with one attached hydrogen (secondary N) is 2. The van der Waals surface area contributed by atoms with E-state index < -0.39 is 0 Å². The summed E-state index contributed by atoms with van der Waals surface area (Å²) >= 11 is 1.91. The number of likely N-dealkylation sites (tertiary alicyclic amines) is 1. The van der Waals surface area contributed by atoms with Crippen molar-refractivity contribution in [3.63, 3.8) is 0 Å². The molecule has 2 N–H and O–H groups in total. The summed E-state index contributed by atoms with van der Waals surface area (Å²) in [5, 5.41) is 4.62. The van der Waals surface area contributed by atoms with E-state index >= 15 is 0 Å². The van der Waals surface area contributed by atoms with Crippen molar-refractivity contribution >= 4 is 33.4 Å². The molecule has 7 nitrogen and oxygen atoms in total. The molecule has 4 fully saturated rings. The predicted octanol–water partition coefficient (Wildman–Crippen LogP) is 6.27. The highest BCUT2D eigenvalue weighted by Gasteiger charge is 2.49. The molecule has 4 atom stereocenters. The monoisotopic (exact) mass is 643 g/mol. The van der Waals surface area contributed by atoms with Gasteiger partial charge in [-0.1, -0.05) is 38.0 Å². The number of rotatable bonds is 10. The first kappa shape index (κ1) is 31.9. The topological polar surface area (TPSA) is 71.7 Å². The minimum Gasteiger partial charge on any atom is -0.353 e. The number of piperazine rings is 1. The lowest BCUT2D eigenvalue weighted by atomic mass is 9.78. The van der Waals surface area contributed by atoms with Gasteiger partial charge < -0.3 is 20.1 Å². The van der Waals surface area contributed by atoms with E-state index in [1.807, 2.05) is 11.3 Å². The van der Waals surface area contributed by atoms with E-state index in [9.17, 15) is 9.59 Å². The molecule has 2 aromatic heterocycles. The summed E-state index contributed by atoms with van der Waals surface area (Å²) in [4.78, 5) is 39.4. The molecule has 1 aliphatic carbocycles. The van der Waals surface area contributed by atoms with Crippen LogP contribution in [0.2, 0.25) is 0 Å². The van der Waals surface area contributed by atoms with Gasteiger partial charge in [0.25, 0.3) is 0 Å². The van der Waals surface area contributed by atoms with Gasteiger partial charge in [0, 0.05) is 68.0 Å². The Kier molecular flexibility index (Phi) is 8.83. The molecule has 3 aliphatic heterocycles. The molecule has 1 saturated carbocycles. The second-order valence-corrected chi connectivity index (χ2v) is 16.4. The smallest absolute Gasteiger partial charge is 0.239 e. The van der Waals surface area contributed by atoms with Gasteiger partial charge in [0.2, 0.25) is 11.8 Å². The van der Waals surface area contributed by atoms with Gasteiger partial charge >= 0.3 is 0 Å². The van der Waals surface area contributed by atoms with Gasteiger partial charge in [-0.25, -0.2) is 0 Å². The van der Waals surface area contributed by atoms with Gasteiger partial charge in [-0.05, 0) is 99.5 Å². The number of aromatic nitrogens is 1. The molecule has 8 heteroatoms. The Morgan fingerprint density at radius 1 is 1.00 bits per heavy atom. The number of aromatic amines is 1. The number of carbonyl (C=O) groups excluding carboxylic acids is 2. The lowest BCUT2D eigenvalue weighted by molar-refractivity contribution is -0.136. The van der Waals surface area contributed by atoms with Gasteiger partial charge in [-0.15, -0.1) is 11.3 Å². The SMILES string of the molecule is CCC(C(=O)N1CCCC1)N1CCN(CCc2c(-c3cc(C)cc(C)c3)[nH]c3sc(C(C)(C)CC4C5CCC4C(=O)N5)cc23)CC1. The maximum Gasteiger partial charge on any atom is 0.239 e. The summed E-state index contributed by atoms with van der Waals surface area (Å²) in [7, 11) is 0. The number of aryl methyl sites for hydroxylation is 2. The van der Waals surface area contributed by atoms with Gasteiger partial charge in [-0.3, -0.25) is 14.5 Å². The number of hydrogen-bond acceptors (Lipinski definition) is 5. The third-order valence-corrected chi connectivity index (χ3v) is 13.0. The number of hydrogen-bond donors (Lipinski definition) is 2. The van der Waals surface area contributed by atoms with Crippen LogP contribution >= 0.6 is 11.3 Å². The Labute approximate surface area is 279 Å². The Balaban J connectivity index is 1.09. The Bertz CT molecular complexity index is 1570. The second-order valence-electron chi connectivity index (χ2n) is 15.3. The molecule has 2 bridgehead atoms. The first-order valence-corrected chi connectivity index (χ1v) is 18.7. The fourth-order valence-electron chi connectivity index (χ4n) is 9.13. The van der Waals surface area contributed by atoms with Crippen LogP contribution in [0.1, 0.15) is 80.9 Å². The van der Waals surface area contributed by atoms with E-state index in [1.54, 1.807) is 0 Å². The molecular formula is C38H53N5O2S. The summed E-state index contributed by atoms with van der Waals surface area (Å²) in [6, 6.07) is 9.75. The fourth-order valence-corrected chi connectivity index (χ4v) is 10.3. The fraction of sp³-hybridized carbons (Fsp3) is 0.632. The van der Waals surface area contributed by atoms with Crippen LogP contribution in [-0.4, -0.2) is 89.4 Å². The average Bonchev–Trinajstić information content (AvgIpc) is 3.85. The van der Waals surface area contributed by atoms with Crippen molar-refractivity contribution in [1.29, 1.82) is 0 Å². The zero-order chi connectivity index (χ0) is 32.2. The van der Waals surface area contributed by atoms with Crippen LogP contribution in [0.5, 0.6) is 0 Å². The van der Waals surface area contributed by atoms with Crippen molar-refractivity contribution in [2.75, 3.05) is 45.8 Å². The predicted molar refractivity (Wildman–Crippen MR) is 188 cm³/mol. The van der Waals surface area contributed by atoms with Crippen LogP contribution in [0.3, 0.4) is 0 Å². The van der Waals surface area contributed by atoms with Crippen LogP contribution < -0.4 is 5.32 Å². The molecule has 0 spiro atoms. The molecule has 2 amide bonds. The number of thiophene rings is 1. The number of amides is 2. The first-order chi connectivity index (χ1) is 22.1. The second kappa shape index (κ2) is 12.7. The zero-order valence-electron chi connectivity index (χ0n) is 28.6. The molecular weight excluding hydrogens is 591 g/mol. The van der Waals surface area contributed by atoms with Crippen molar-refractivity contribution in [3.05, 3.63) is 45.8 Å². The number of benzene rings is 1. The molecule has 3 saturated heterocycles. The zero-order valence-corrected chi connectivity index (χ0v) is 29.4. The normalized spacial score (nSPS) is 24.8. The van der Waals surface area contributed by atoms with Crippen molar-refractivity contribution in [1.82, 2.24) is 25.0 Å².